The molecule has 2 rings (SSSR count). The van der Waals surface area contributed by atoms with Crippen LogP contribution in [0.1, 0.15) is 44.2 Å². The third-order valence-corrected chi connectivity index (χ3v) is 4.34. The highest BCUT2D eigenvalue weighted by Gasteiger charge is 2.37. The van der Waals surface area contributed by atoms with Gasteiger partial charge >= 0.3 is 12.1 Å². The number of amides is 1. The topological polar surface area (TPSA) is 46.6 Å². The van der Waals surface area contributed by atoms with Crippen LogP contribution < -0.4 is 0 Å². The number of hydrogen-bond acceptors (Lipinski definition) is 3. The van der Waals surface area contributed by atoms with Gasteiger partial charge in [0.2, 0.25) is 5.91 Å². The highest BCUT2D eigenvalue weighted by Crippen LogP contribution is 2.38. The number of hydrogen-bond donors (Lipinski definition) is 0. The largest absolute Gasteiger partial charge is 0.460 e. The third-order valence-electron chi connectivity index (χ3n) is 4.34. The SMILES string of the molecule is C=CCN1C(=O)C[C@@H](c2ccc(C(F)(F)F)cc2)C(C(=O)OC(C)C)=C1C. The predicted molar refractivity (Wildman–Crippen MR) is 94.6 cm³/mol. The molecule has 0 aromatic heterocycles. The number of halogens is 3. The quantitative estimate of drug-likeness (QED) is 0.560. The molecule has 0 radical (unpaired) electrons. The summed E-state index contributed by atoms with van der Waals surface area (Å²) in [6.07, 6.45) is -3.30. The number of esters is 1. The van der Waals surface area contributed by atoms with Gasteiger partial charge in [0, 0.05) is 24.6 Å². The first kappa shape index (κ1) is 20.7. The van der Waals surface area contributed by atoms with Crippen molar-refractivity contribution in [3.63, 3.8) is 0 Å². The van der Waals surface area contributed by atoms with E-state index in [0.717, 1.165) is 12.1 Å². The van der Waals surface area contributed by atoms with E-state index in [0.29, 0.717) is 11.3 Å². The molecule has 1 aromatic carbocycles. The molecule has 0 bridgehead atoms. The first-order valence-electron chi connectivity index (χ1n) is 8.56. The van der Waals surface area contributed by atoms with Crippen LogP contribution in [0.3, 0.4) is 0 Å². The summed E-state index contributed by atoms with van der Waals surface area (Å²) in [5.41, 5.74) is 0.393. The van der Waals surface area contributed by atoms with Crippen molar-refractivity contribution in [3.8, 4) is 0 Å². The summed E-state index contributed by atoms with van der Waals surface area (Å²) in [5, 5.41) is 0. The number of ether oxygens (including phenoxy) is 1. The van der Waals surface area contributed by atoms with Crippen LogP contribution in [0.25, 0.3) is 0 Å². The monoisotopic (exact) mass is 381 g/mol. The molecule has 0 fully saturated rings. The van der Waals surface area contributed by atoms with Crippen molar-refractivity contribution >= 4 is 11.9 Å². The molecule has 146 valence electrons. The standard InChI is InChI=1S/C20H22F3NO3/c1-5-10-24-13(4)18(19(26)27-12(2)3)16(11-17(24)25)14-6-8-15(9-7-14)20(21,22)23/h5-9,12,16H,1,10-11H2,2-4H3/t16-/m0/s1. The fourth-order valence-corrected chi connectivity index (χ4v) is 3.10. The Morgan fingerprint density at radius 1 is 1.33 bits per heavy atom. The van der Waals surface area contributed by atoms with Crippen molar-refractivity contribution < 1.29 is 27.5 Å². The Labute approximate surface area is 156 Å². The fourth-order valence-electron chi connectivity index (χ4n) is 3.10. The molecule has 4 nitrogen and oxygen atoms in total. The zero-order chi connectivity index (χ0) is 20.4. The Kier molecular flexibility index (Phi) is 6.13. The highest BCUT2D eigenvalue weighted by molar-refractivity contribution is 5.96. The molecule has 1 heterocycles. The summed E-state index contributed by atoms with van der Waals surface area (Å²) >= 11 is 0. The summed E-state index contributed by atoms with van der Waals surface area (Å²) in [6.45, 7) is 8.89. The molecule has 0 saturated carbocycles. The summed E-state index contributed by atoms with van der Waals surface area (Å²) in [6, 6.07) is 4.52. The zero-order valence-electron chi connectivity index (χ0n) is 15.5. The maximum Gasteiger partial charge on any atom is 0.416 e. The van der Waals surface area contributed by atoms with Crippen molar-refractivity contribution in [2.24, 2.45) is 0 Å². The lowest BCUT2D eigenvalue weighted by molar-refractivity contribution is -0.144. The minimum absolute atomic E-state index is 0.0287. The van der Waals surface area contributed by atoms with E-state index in [2.05, 4.69) is 6.58 Å². The van der Waals surface area contributed by atoms with E-state index < -0.39 is 23.6 Å². The molecular weight excluding hydrogens is 359 g/mol. The molecule has 1 aliphatic rings. The van der Waals surface area contributed by atoms with Gasteiger partial charge in [-0.1, -0.05) is 18.2 Å². The van der Waals surface area contributed by atoms with Crippen LogP contribution >= 0.6 is 0 Å². The van der Waals surface area contributed by atoms with Crippen molar-refractivity contribution in [2.75, 3.05) is 6.54 Å². The Morgan fingerprint density at radius 2 is 1.93 bits per heavy atom. The van der Waals surface area contributed by atoms with Crippen molar-refractivity contribution in [2.45, 2.75) is 45.4 Å². The smallest absolute Gasteiger partial charge is 0.416 e. The normalized spacial score (nSPS) is 18.1. The molecule has 7 heteroatoms. The Hall–Kier alpha value is -2.57. The van der Waals surface area contributed by atoms with Gasteiger partial charge in [-0.3, -0.25) is 4.79 Å². The van der Waals surface area contributed by atoms with Gasteiger partial charge in [0.1, 0.15) is 0 Å². The van der Waals surface area contributed by atoms with E-state index in [1.54, 1.807) is 26.8 Å². The van der Waals surface area contributed by atoms with Gasteiger partial charge in [-0.2, -0.15) is 13.2 Å². The molecule has 1 atom stereocenters. The maximum absolute atomic E-state index is 12.8. The molecule has 0 spiro atoms. The Balaban J connectivity index is 2.50. The number of alkyl halides is 3. The first-order valence-corrected chi connectivity index (χ1v) is 8.56. The average Bonchev–Trinajstić information content (AvgIpc) is 2.56. The van der Waals surface area contributed by atoms with E-state index >= 15 is 0 Å². The molecule has 27 heavy (non-hydrogen) atoms. The molecule has 1 amide bonds. The lowest BCUT2D eigenvalue weighted by atomic mass is 9.83. The lowest BCUT2D eigenvalue weighted by Crippen LogP contribution is -2.38. The summed E-state index contributed by atoms with van der Waals surface area (Å²) < 4.78 is 43.8. The van der Waals surface area contributed by atoms with Gasteiger partial charge in [0.25, 0.3) is 0 Å². The van der Waals surface area contributed by atoms with Crippen molar-refractivity contribution in [1.29, 1.82) is 0 Å². The second-order valence-corrected chi connectivity index (χ2v) is 6.62. The van der Waals surface area contributed by atoms with E-state index in [1.807, 2.05) is 0 Å². The number of nitrogens with zero attached hydrogens (tertiary/aromatic N) is 1. The maximum atomic E-state index is 12.8. The minimum atomic E-state index is -4.45. The highest BCUT2D eigenvalue weighted by atomic mass is 19.4. The fraction of sp³-hybridized carbons (Fsp3) is 0.400. The number of allylic oxidation sites excluding steroid dienone is 1. The average molecular weight is 381 g/mol. The molecule has 0 saturated heterocycles. The Bertz CT molecular complexity index is 764. The Morgan fingerprint density at radius 3 is 2.41 bits per heavy atom. The summed E-state index contributed by atoms with van der Waals surface area (Å²) in [5.74, 6) is -1.46. The molecule has 0 N–H and O–H groups in total. The van der Waals surface area contributed by atoms with Gasteiger partial charge in [0.15, 0.2) is 0 Å². The van der Waals surface area contributed by atoms with Crippen LogP contribution in [0.4, 0.5) is 13.2 Å². The molecule has 0 unspecified atom stereocenters. The predicted octanol–water partition coefficient (Wildman–Crippen LogP) is 4.43. The second-order valence-electron chi connectivity index (χ2n) is 6.62. The van der Waals surface area contributed by atoms with Crippen LogP contribution in [-0.4, -0.2) is 29.4 Å². The summed E-state index contributed by atoms with van der Waals surface area (Å²) in [4.78, 5) is 26.6. The zero-order valence-corrected chi connectivity index (χ0v) is 15.5. The van der Waals surface area contributed by atoms with Gasteiger partial charge < -0.3 is 9.64 Å². The number of carbonyl (C=O) groups is 2. The number of rotatable bonds is 5. The van der Waals surface area contributed by atoms with Crippen molar-refractivity contribution in [3.05, 3.63) is 59.3 Å². The van der Waals surface area contributed by atoms with Gasteiger partial charge in [0.05, 0.1) is 17.2 Å². The van der Waals surface area contributed by atoms with Crippen molar-refractivity contribution in [1.82, 2.24) is 4.90 Å². The molecule has 0 aliphatic carbocycles. The summed E-state index contributed by atoms with van der Waals surface area (Å²) in [7, 11) is 0. The third kappa shape index (κ3) is 4.59. The van der Waals surface area contributed by atoms with Gasteiger partial charge in [-0.15, -0.1) is 6.58 Å². The van der Waals surface area contributed by atoms with Crippen LogP contribution in [0.5, 0.6) is 0 Å². The van der Waals surface area contributed by atoms with Crippen LogP contribution in [0.2, 0.25) is 0 Å². The van der Waals surface area contributed by atoms with E-state index in [-0.39, 0.29) is 30.5 Å². The van der Waals surface area contributed by atoms with E-state index in [1.165, 1.54) is 17.0 Å². The number of benzene rings is 1. The van der Waals surface area contributed by atoms with Crippen LogP contribution in [-0.2, 0) is 20.5 Å². The van der Waals surface area contributed by atoms with Gasteiger partial charge in [-0.25, -0.2) is 4.79 Å². The minimum Gasteiger partial charge on any atom is -0.460 e. The first-order chi connectivity index (χ1) is 12.6. The molecular formula is C20H22F3NO3. The van der Waals surface area contributed by atoms with Crippen LogP contribution in [0, 0.1) is 0 Å². The second kappa shape index (κ2) is 7.98. The van der Waals surface area contributed by atoms with Crippen LogP contribution in [0.15, 0.2) is 48.2 Å². The molecule has 1 aliphatic heterocycles. The molecule has 1 aromatic rings. The van der Waals surface area contributed by atoms with Gasteiger partial charge in [-0.05, 0) is 38.5 Å². The number of carbonyl (C=O) groups excluding carboxylic acids is 2. The lowest BCUT2D eigenvalue weighted by Gasteiger charge is -2.34. The van der Waals surface area contributed by atoms with E-state index in [4.69, 9.17) is 4.74 Å². The van der Waals surface area contributed by atoms with E-state index in [9.17, 15) is 22.8 Å².